The van der Waals surface area contributed by atoms with E-state index < -0.39 is 56.1 Å². The van der Waals surface area contributed by atoms with Crippen LogP contribution in [-0.4, -0.2) is 37.7 Å². The largest absolute Gasteiger partial charge is 0.395 e. The van der Waals surface area contributed by atoms with Gasteiger partial charge in [-0.1, -0.05) is 0 Å². The molecule has 0 aliphatic rings. The Morgan fingerprint density at radius 3 is 2.10 bits per heavy atom. The van der Waals surface area contributed by atoms with Gasteiger partial charge in [-0.25, -0.2) is 30.7 Å². The Hall–Kier alpha value is -0.840. The first kappa shape index (κ1) is 18.2. The Bertz CT molecular complexity index is 594. The van der Waals surface area contributed by atoms with E-state index in [0.29, 0.717) is 0 Å². The van der Waals surface area contributed by atoms with Gasteiger partial charge in [-0.15, -0.1) is 0 Å². The molecule has 0 fully saturated rings. The van der Waals surface area contributed by atoms with Crippen molar-refractivity contribution in [1.82, 2.24) is 4.72 Å². The monoisotopic (exact) mass is 347 g/mol. The lowest BCUT2D eigenvalue weighted by Crippen LogP contribution is -2.41. The number of rotatable bonds is 6. The molecule has 21 heavy (non-hydrogen) atoms. The van der Waals surface area contributed by atoms with Gasteiger partial charge in [0.05, 0.1) is 6.61 Å². The fraction of sp³-hybridized carbons (Fsp3) is 0.455. The van der Waals surface area contributed by atoms with Crippen LogP contribution in [0.2, 0.25) is 0 Å². The van der Waals surface area contributed by atoms with Gasteiger partial charge in [-0.2, -0.15) is 11.8 Å². The molecule has 0 saturated carbocycles. The number of aliphatic hydroxyl groups excluding tert-OH is 1. The van der Waals surface area contributed by atoms with Crippen LogP contribution in [0.3, 0.4) is 0 Å². The van der Waals surface area contributed by atoms with Crippen molar-refractivity contribution < 1.29 is 31.1 Å². The van der Waals surface area contributed by atoms with Gasteiger partial charge >= 0.3 is 0 Å². The average molecular weight is 347 g/mol. The topological polar surface area (TPSA) is 66.4 Å². The van der Waals surface area contributed by atoms with E-state index in [1.165, 1.54) is 6.92 Å². The molecule has 10 heteroatoms. The number of halogens is 4. The van der Waals surface area contributed by atoms with Gasteiger partial charge in [0.25, 0.3) is 0 Å². The van der Waals surface area contributed by atoms with Crippen LogP contribution in [0.5, 0.6) is 0 Å². The number of hydrogen-bond donors (Lipinski definition) is 2. The zero-order valence-corrected chi connectivity index (χ0v) is 12.7. The van der Waals surface area contributed by atoms with Crippen LogP contribution in [0.15, 0.2) is 11.0 Å². The van der Waals surface area contributed by atoms with E-state index >= 15 is 0 Å². The lowest BCUT2D eigenvalue weighted by atomic mass is 10.3. The van der Waals surface area contributed by atoms with Crippen molar-refractivity contribution in [3.8, 4) is 0 Å². The highest BCUT2D eigenvalue weighted by molar-refractivity contribution is 7.99. The van der Waals surface area contributed by atoms with Crippen LogP contribution in [0.4, 0.5) is 17.6 Å². The fourth-order valence-electron chi connectivity index (χ4n) is 1.60. The first-order chi connectivity index (χ1) is 9.65. The molecular formula is C11H13F4NO3S2. The van der Waals surface area contributed by atoms with Gasteiger partial charge in [0.1, 0.15) is 0 Å². The normalized spacial score (nSPS) is 15.0. The molecule has 0 unspecified atom stereocenters. The van der Waals surface area contributed by atoms with E-state index in [0.717, 1.165) is 11.8 Å². The van der Waals surface area contributed by atoms with E-state index in [2.05, 4.69) is 0 Å². The molecular weight excluding hydrogens is 334 g/mol. The van der Waals surface area contributed by atoms with Crippen LogP contribution in [-0.2, 0) is 10.0 Å². The molecule has 0 saturated heterocycles. The molecule has 0 amide bonds. The second-order valence-corrected chi connectivity index (χ2v) is 6.89. The Morgan fingerprint density at radius 1 is 1.24 bits per heavy atom. The highest BCUT2D eigenvalue weighted by Gasteiger charge is 2.32. The molecule has 0 aliphatic carbocycles. The molecule has 1 aromatic carbocycles. The fourth-order valence-corrected chi connectivity index (χ4v) is 3.75. The maximum absolute atomic E-state index is 13.5. The number of hydrogen-bond acceptors (Lipinski definition) is 4. The molecule has 120 valence electrons. The molecule has 2 atom stereocenters. The highest BCUT2D eigenvalue weighted by Crippen LogP contribution is 2.24. The van der Waals surface area contributed by atoms with Crippen molar-refractivity contribution in [1.29, 1.82) is 0 Å². The lowest BCUT2D eigenvalue weighted by Gasteiger charge is -2.21. The number of sulfonamides is 1. The van der Waals surface area contributed by atoms with Crippen molar-refractivity contribution >= 4 is 21.8 Å². The second kappa shape index (κ2) is 6.95. The molecule has 0 spiro atoms. The summed E-state index contributed by atoms with van der Waals surface area (Å²) in [6.45, 7) is 0.952. The van der Waals surface area contributed by atoms with Gasteiger partial charge in [0.2, 0.25) is 10.0 Å². The molecule has 1 rings (SSSR count). The molecule has 0 aromatic heterocycles. The zero-order chi connectivity index (χ0) is 16.4. The Kier molecular flexibility index (Phi) is 6.02. The first-order valence-corrected chi connectivity index (χ1v) is 8.41. The minimum Gasteiger partial charge on any atom is -0.395 e. The summed E-state index contributed by atoms with van der Waals surface area (Å²) in [5, 5.41) is 8.44. The molecule has 0 aliphatic heterocycles. The standard InChI is InChI=1S/C11H13F4NO3S2/c1-5(8(4-17)20-2)16-21(18,19)11-9(14)6(12)3-7(13)10(11)15/h3,5,8,16-17H,4H2,1-2H3/t5-,8-/m1/s1. The van der Waals surface area contributed by atoms with E-state index in [1.807, 2.05) is 4.72 Å². The maximum Gasteiger partial charge on any atom is 0.246 e. The summed E-state index contributed by atoms with van der Waals surface area (Å²) in [4.78, 5) is -1.72. The number of nitrogens with one attached hydrogen (secondary N) is 1. The third-order valence-electron chi connectivity index (χ3n) is 2.72. The first-order valence-electron chi connectivity index (χ1n) is 5.64. The van der Waals surface area contributed by atoms with Crippen LogP contribution in [0, 0.1) is 23.3 Å². The van der Waals surface area contributed by atoms with E-state index in [4.69, 9.17) is 5.11 Å². The summed E-state index contributed by atoms with van der Waals surface area (Å²) in [6, 6.07) is -0.994. The number of benzene rings is 1. The SMILES string of the molecule is CS[C@H](CO)[C@@H](C)NS(=O)(=O)c1c(F)c(F)cc(F)c1F. The summed E-state index contributed by atoms with van der Waals surface area (Å²) >= 11 is 1.12. The molecule has 4 nitrogen and oxygen atoms in total. The van der Waals surface area contributed by atoms with Gasteiger partial charge < -0.3 is 5.11 Å². The summed E-state index contributed by atoms with van der Waals surface area (Å²) in [7, 11) is -4.84. The van der Waals surface area contributed by atoms with Crippen molar-refractivity contribution in [2.24, 2.45) is 0 Å². The van der Waals surface area contributed by atoms with Crippen molar-refractivity contribution in [3.63, 3.8) is 0 Å². The summed E-state index contributed by atoms with van der Waals surface area (Å²) in [5.74, 6) is -7.63. The molecule has 0 heterocycles. The van der Waals surface area contributed by atoms with Gasteiger partial charge in [-0.3, -0.25) is 0 Å². The Labute approximate surface area is 123 Å². The number of thioether (sulfide) groups is 1. The van der Waals surface area contributed by atoms with Crippen molar-refractivity contribution in [3.05, 3.63) is 29.3 Å². The summed E-state index contributed by atoms with van der Waals surface area (Å²) in [5.41, 5.74) is 0. The minimum atomic E-state index is -4.84. The zero-order valence-electron chi connectivity index (χ0n) is 11.0. The Balaban J connectivity index is 3.27. The minimum absolute atomic E-state index is 0.0778. The number of aliphatic hydroxyl groups is 1. The quantitative estimate of drug-likeness (QED) is 0.606. The van der Waals surface area contributed by atoms with Gasteiger partial charge in [-0.05, 0) is 13.2 Å². The molecule has 1 aromatic rings. The van der Waals surface area contributed by atoms with Crippen molar-refractivity contribution in [2.75, 3.05) is 12.9 Å². The van der Waals surface area contributed by atoms with Crippen LogP contribution in [0.1, 0.15) is 6.92 Å². The highest BCUT2D eigenvalue weighted by atomic mass is 32.2. The smallest absolute Gasteiger partial charge is 0.246 e. The molecule has 2 N–H and O–H groups in total. The van der Waals surface area contributed by atoms with Crippen molar-refractivity contribution in [2.45, 2.75) is 23.1 Å². The summed E-state index contributed by atoms with van der Waals surface area (Å²) in [6.07, 6.45) is 1.59. The Morgan fingerprint density at radius 2 is 1.71 bits per heavy atom. The van der Waals surface area contributed by atoms with E-state index in [-0.39, 0.29) is 6.07 Å². The van der Waals surface area contributed by atoms with E-state index in [9.17, 15) is 26.0 Å². The lowest BCUT2D eigenvalue weighted by molar-refractivity contribution is 0.282. The third kappa shape index (κ3) is 3.87. The molecule has 0 radical (unpaired) electrons. The third-order valence-corrected chi connectivity index (χ3v) is 5.46. The summed E-state index contributed by atoms with van der Waals surface area (Å²) < 4.78 is 78.8. The van der Waals surface area contributed by atoms with Crippen LogP contribution >= 0.6 is 11.8 Å². The maximum atomic E-state index is 13.5. The van der Waals surface area contributed by atoms with Crippen LogP contribution in [0.25, 0.3) is 0 Å². The van der Waals surface area contributed by atoms with Crippen LogP contribution < -0.4 is 4.72 Å². The predicted octanol–water partition coefficient (Wildman–Crippen LogP) is 1.63. The average Bonchev–Trinajstić information content (AvgIpc) is 2.37. The van der Waals surface area contributed by atoms with Gasteiger partial charge in [0, 0.05) is 17.4 Å². The molecule has 0 bridgehead atoms. The van der Waals surface area contributed by atoms with E-state index in [1.54, 1.807) is 6.26 Å². The second-order valence-electron chi connectivity index (χ2n) is 4.16. The predicted molar refractivity (Wildman–Crippen MR) is 70.4 cm³/mol. The van der Waals surface area contributed by atoms with Gasteiger partial charge in [0.15, 0.2) is 28.2 Å².